The monoisotopic (exact) mass is 176 g/mol. The summed E-state index contributed by atoms with van der Waals surface area (Å²) in [6.07, 6.45) is -0.476. The van der Waals surface area contributed by atoms with Crippen molar-refractivity contribution in [3.05, 3.63) is 22.4 Å². The average molecular weight is 177 g/mol. The minimum atomic E-state index is -0.476. The van der Waals surface area contributed by atoms with Gasteiger partial charge < -0.3 is 5.11 Å². The number of aliphatic hydroxyl groups excluding tert-OH is 1. The van der Waals surface area contributed by atoms with Gasteiger partial charge in [0, 0.05) is 0 Å². The predicted octanol–water partition coefficient (Wildman–Crippen LogP) is 2.41. The zero-order valence-electron chi connectivity index (χ0n) is 5.62. The maximum absolute atomic E-state index is 9.07. The van der Waals surface area contributed by atoms with E-state index in [1.165, 1.54) is 0 Å². The lowest BCUT2D eigenvalue weighted by Crippen LogP contribution is -2.07. The predicted molar refractivity (Wildman–Crippen MR) is 44.6 cm³/mol. The minimum absolute atomic E-state index is 0.258. The van der Waals surface area contributed by atoms with Gasteiger partial charge in [0.25, 0.3) is 0 Å². The van der Waals surface area contributed by atoms with Gasteiger partial charge in [-0.2, -0.15) is 11.3 Å². The molecule has 0 amide bonds. The lowest BCUT2D eigenvalue weighted by molar-refractivity contribution is 0.190. The zero-order chi connectivity index (χ0) is 7.56. The summed E-state index contributed by atoms with van der Waals surface area (Å²) >= 11 is 7.43. The van der Waals surface area contributed by atoms with Crippen molar-refractivity contribution in [3.63, 3.8) is 0 Å². The van der Waals surface area contributed by atoms with Crippen molar-refractivity contribution in [2.45, 2.75) is 18.4 Å². The Bertz CT molecular complexity index is 183. The smallest absolute Gasteiger partial charge is 0.0849 e. The first-order chi connectivity index (χ1) is 4.72. The van der Waals surface area contributed by atoms with E-state index in [1.54, 1.807) is 18.3 Å². The van der Waals surface area contributed by atoms with Crippen LogP contribution in [-0.2, 0) is 0 Å². The van der Waals surface area contributed by atoms with Crippen LogP contribution in [0, 0.1) is 0 Å². The van der Waals surface area contributed by atoms with Gasteiger partial charge in [0.1, 0.15) is 0 Å². The van der Waals surface area contributed by atoms with E-state index in [-0.39, 0.29) is 5.38 Å². The maximum atomic E-state index is 9.07. The Morgan fingerprint density at radius 1 is 1.70 bits per heavy atom. The summed E-state index contributed by atoms with van der Waals surface area (Å²) in [5.74, 6) is 0. The first kappa shape index (κ1) is 8.05. The molecule has 0 bridgehead atoms. The van der Waals surface area contributed by atoms with Crippen LogP contribution in [0.25, 0.3) is 0 Å². The van der Waals surface area contributed by atoms with E-state index >= 15 is 0 Å². The number of rotatable bonds is 2. The molecule has 1 nitrogen and oxygen atoms in total. The van der Waals surface area contributed by atoms with E-state index in [0.29, 0.717) is 0 Å². The highest BCUT2D eigenvalue weighted by Crippen LogP contribution is 2.25. The highest BCUT2D eigenvalue weighted by Gasteiger charge is 2.13. The van der Waals surface area contributed by atoms with Crippen LogP contribution in [0.15, 0.2) is 16.8 Å². The fourth-order valence-electron chi connectivity index (χ4n) is 0.710. The molecule has 0 saturated carbocycles. The van der Waals surface area contributed by atoms with Crippen molar-refractivity contribution in [1.82, 2.24) is 0 Å². The largest absolute Gasteiger partial charge is 0.392 e. The number of halogens is 1. The highest BCUT2D eigenvalue weighted by atomic mass is 35.5. The van der Waals surface area contributed by atoms with Gasteiger partial charge in [0.05, 0.1) is 11.5 Å². The first-order valence-corrected chi connectivity index (χ1v) is 4.44. The average Bonchev–Trinajstić information content (AvgIpc) is 2.36. The molecule has 0 fully saturated rings. The molecule has 56 valence electrons. The molecule has 1 rings (SSSR count). The molecule has 2 unspecified atom stereocenters. The molecule has 0 aliphatic heterocycles. The molecule has 0 aliphatic carbocycles. The fourth-order valence-corrected chi connectivity index (χ4v) is 1.62. The van der Waals surface area contributed by atoms with Crippen LogP contribution in [0.5, 0.6) is 0 Å². The Kier molecular flexibility index (Phi) is 2.72. The molecule has 0 aromatic carbocycles. The van der Waals surface area contributed by atoms with Crippen molar-refractivity contribution >= 4 is 22.9 Å². The summed E-state index contributed by atoms with van der Waals surface area (Å²) in [4.78, 5) is 0. The Hall–Kier alpha value is -0.0500. The van der Waals surface area contributed by atoms with Crippen molar-refractivity contribution < 1.29 is 5.11 Å². The van der Waals surface area contributed by atoms with Crippen LogP contribution in [0.2, 0.25) is 0 Å². The van der Waals surface area contributed by atoms with Gasteiger partial charge >= 0.3 is 0 Å². The molecule has 1 N–H and O–H groups in total. The normalized spacial score (nSPS) is 16.7. The molecule has 10 heavy (non-hydrogen) atoms. The standard InChI is InChI=1S/C7H9ClOS/c1-5(9)7(8)6-2-3-10-4-6/h2-5,7,9H,1H3. The molecule has 1 aromatic rings. The molecule has 0 radical (unpaired) electrons. The van der Waals surface area contributed by atoms with Gasteiger partial charge in [-0.3, -0.25) is 0 Å². The molecular weight excluding hydrogens is 168 g/mol. The molecule has 0 saturated heterocycles. The second-order valence-electron chi connectivity index (χ2n) is 2.20. The lowest BCUT2D eigenvalue weighted by atomic mass is 10.2. The molecule has 0 aliphatic rings. The van der Waals surface area contributed by atoms with Gasteiger partial charge in [-0.1, -0.05) is 0 Å². The van der Waals surface area contributed by atoms with Crippen LogP contribution in [0.1, 0.15) is 17.9 Å². The maximum Gasteiger partial charge on any atom is 0.0849 e. The summed E-state index contributed by atoms with van der Waals surface area (Å²) in [7, 11) is 0. The van der Waals surface area contributed by atoms with Crippen LogP contribution < -0.4 is 0 Å². The quantitative estimate of drug-likeness (QED) is 0.687. The third kappa shape index (κ3) is 1.72. The van der Waals surface area contributed by atoms with Crippen molar-refractivity contribution in [1.29, 1.82) is 0 Å². The number of thiophene rings is 1. The number of alkyl halides is 1. The van der Waals surface area contributed by atoms with Crippen molar-refractivity contribution in [2.75, 3.05) is 0 Å². The van der Waals surface area contributed by atoms with Crippen LogP contribution in [0.4, 0.5) is 0 Å². The first-order valence-electron chi connectivity index (χ1n) is 3.06. The third-order valence-electron chi connectivity index (χ3n) is 1.29. The van der Waals surface area contributed by atoms with E-state index in [9.17, 15) is 0 Å². The highest BCUT2D eigenvalue weighted by molar-refractivity contribution is 7.08. The van der Waals surface area contributed by atoms with Crippen LogP contribution in [0.3, 0.4) is 0 Å². The number of aliphatic hydroxyl groups is 1. The third-order valence-corrected chi connectivity index (χ3v) is 2.60. The number of hydrogen-bond donors (Lipinski definition) is 1. The second-order valence-corrected chi connectivity index (χ2v) is 3.45. The van der Waals surface area contributed by atoms with E-state index < -0.39 is 6.10 Å². The number of hydrogen-bond acceptors (Lipinski definition) is 2. The zero-order valence-corrected chi connectivity index (χ0v) is 7.19. The Morgan fingerprint density at radius 2 is 2.40 bits per heavy atom. The van der Waals surface area contributed by atoms with E-state index in [0.717, 1.165) is 5.56 Å². The van der Waals surface area contributed by atoms with E-state index in [1.807, 2.05) is 16.8 Å². The van der Waals surface area contributed by atoms with E-state index in [2.05, 4.69) is 0 Å². The second kappa shape index (κ2) is 3.37. The lowest BCUT2D eigenvalue weighted by Gasteiger charge is -2.09. The van der Waals surface area contributed by atoms with Gasteiger partial charge in [0.15, 0.2) is 0 Å². The van der Waals surface area contributed by atoms with Crippen molar-refractivity contribution in [2.24, 2.45) is 0 Å². The SMILES string of the molecule is CC(O)C(Cl)c1ccsc1. The summed E-state index contributed by atoms with van der Waals surface area (Å²) in [6, 6.07) is 1.93. The summed E-state index contributed by atoms with van der Waals surface area (Å²) in [6.45, 7) is 1.69. The molecule has 0 spiro atoms. The summed E-state index contributed by atoms with van der Waals surface area (Å²) in [5.41, 5.74) is 1.00. The Labute approximate surface area is 69.3 Å². The van der Waals surface area contributed by atoms with Gasteiger partial charge in [0.2, 0.25) is 0 Å². The fraction of sp³-hybridized carbons (Fsp3) is 0.429. The molecule has 2 atom stereocenters. The Morgan fingerprint density at radius 3 is 2.80 bits per heavy atom. The minimum Gasteiger partial charge on any atom is -0.392 e. The van der Waals surface area contributed by atoms with Gasteiger partial charge in [-0.05, 0) is 29.3 Å². The molecule has 3 heteroatoms. The van der Waals surface area contributed by atoms with Crippen LogP contribution in [-0.4, -0.2) is 11.2 Å². The Balaban J connectivity index is 2.68. The molecular formula is C7H9ClOS. The van der Waals surface area contributed by atoms with E-state index in [4.69, 9.17) is 16.7 Å². The van der Waals surface area contributed by atoms with Gasteiger partial charge in [-0.15, -0.1) is 11.6 Å². The summed E-state index contributed by atoms with van der Waals surface area (Å²) < 4.78 is 0. The van der Waals surface area contributed by atoms with Crippen molar-refractivity contribution in [3.8, 4) is 0 Å². The molecule has 1 aromatic heterocycles. The summed E-state index contributed by atoms with van der Waals surface area (Å²) in [5, 5.41) is 12.7. The van der Waals surface area contributed by atoms with Gasteiger partial charge in [-0.25, -0.2) is 0 Å². The topological polar surface area (TPSA) is 20.2 Å². The molecule has 1 heterocycles. The van der Waals surface area contributed by atoms with Crippen LogP contribution >= 0.6 is 22.9 Å².